The number of imidazole rings is 1. The summed E-state index contributed by atoms with van der Waals surface area (Å²) < 4.78 is 34.4. The molecule has 2 heterocycles. The van der Waals surface area contributed by atoms with Gasteiger partial charge in [0.25, 0.3) is 0 Å². The fourth-order valence-corrected chi connectivity index (χ4v) is 4.54. The summed E-state index contributed by atoms with van der Waals surface area (Å²) in [6.07, 6.45) is 5.38. The number of hydrogen-bond acceptors (Lipinski definition) is 6. The average Bonchev–Trinajstić information content (AvgIpc) is 3.41. The lowest BCUT2D eigenvalue weighted by Crippen LogP contribution is -2.29. The van der Waals surface area contributed by atoms with E-state index < -0.39 is 9.84 Å². The quantitative estimate of drug-likeness (QED) is 0.437. The van der Waals surface area contributed by atoms with Gasteiger partial charge in [-0.3, -0.25) is 9.58 Å². The summed E-state index contributed by atoms with van der Waals surface area (Å²) in [6, 6.07) is 11.7. The Morgan fingerprint density at radius 3 is 2.63 bits per heavy atom. The van der Waals surface area contributed by atoms with E-state index in [4.69, 9.17) is 4.74 Å². The van der Waals surface area contributed by atoms with Crippen LogP contribution >= 0.6 is 0 Å². The van der Waals surface area contributed by atoms with E-state index in [2.05, 4.69) is 21.9 Å². The Kier molecular flexibility index (Phi) is 7.78. The predicted octanol–water partition coefficient (Wildman–Crippen LogP) is 2.07. The van der Waals surface area contributed by atoms with Crippen LogP contribution in [0.15, 0.2) is 60.1 Å². The molecule has 3 rings (SSSR count). The zero-order chi connectivity index (χ0) is 21.4. The van der Waals surface area contributed by atoms with Crippen LogP contribution in [0, 0.1) is 0 Å². The van der Waals surface area contributed by atoms with Crippen molar-refractivity contribution in [3.63, 3.8) is 0 Å². The van der Waals surface area contributed by atoms with E-state index in [1.165, 1.54) is 7.11 Å². The van der Waals surface area contributed by atoms with Crippen molar-refractivity contribution in [3.05, 3.63) is 66.2 Å². The molecule has 30 heavy (non-hydrogen) atoms. The molecule has 0 atom stereocenters. The third-order valence-electron chi connectivity index (χ3n) is 4.96. The Hall–Kier alpha value is -2.49. The average molecular weight is 432 g/mol. The molecule has 0 saturated heterocycles. The first-order valence-corrected chi connectivity index (χ1v) is 11.7. The molecule has 8 nitrogen and oxygen atoms in total. The number of hydrogen-bond donors (Lipinski definition) is 0. The normalized spacial score (nSPS) is 12.0. The summed E-state index contributed by atoms with van der Waals surface area (Å²) in [7, 11) is -2.05. The van der Waals surface area contributed by atoms with Crippen LogP contribution in [0.5, 0.6) is 0 Å². The van der Waals surface area contributed by atoms with Crippen LogP contribution in [0.25, 0.3) is 0 Å². The molecule has 9 heteroatoms. The highest BCUT2D eigenvalue weighted by atomic mass is 32.2. The van der Waals surface area contributed by atoms with E-state index in [1.54, 1.807) is 12.4 Å². The Balaban J connectivity index is 1.85. The number of benzene rings is 1. The molecule has 0 aliphatic heterocycles. The molecular formula is C21H29N5O3S. The van der Waals surface area contributed by atoms with E-state index in [0.717, 1.165) is 30.9 Å². The summed E-state index contributed by atoms with van der Waals surface area (Å²) >= 11 is 0. The molecule has 0 fully saturated rings. The smallest absolute Gasteiger partial charge is 0.228 e. The molecule has 0 spiro atoms. The molecule has 0 radical (unpaired) electrons. The van der Waals surface area contributed by atoms with Gasteiger partial charge in [0.15, 0.2) is 0 Å². The van der Waals surface area contributed by atoms with Crippen LogP contribution in [0.2, 0.25) is 0 Å². The number of rotatable bonds is 12. The van der Waals surface area contributed by atoms with Gasteiger partial charge in [-0.25, -0.2) is 13.4 Å². The first-order chi connectivity index (χ1) is 14.5. The first kappa shape index (κ1) is 22.2. The molecule has 0 unspecified atom stereocenters. The molecule has 0 saturated carbocycles. The molecule has 0 bridgehead atoms. The summed E-state index contributed by atoms with van der Waals surface area (Å²) in [5.74, 6) is -0.0917. The van der Waals surface area contributed by atoms with Gasteiger partial charge in [0.05, 0.1) is 37.3 Å². The van der Waals surface area contributed by atoms with Crippen LogP contribution in [0.3, 0.4) is 0 Å². The van der Waals surface area contributed by atoms with E-state index in [-0.39, 0.29) is 17.5 Å². The third kappa shape index (κ3) is 5.78. The molecule has 3 aromatic rings. The minimum absolute atomic E-state index is 0.0917. The zero-order valence-electron chi connectivity index (χ0n) is 17.5. The Bertz CT molecular complexity index is 1000. The van der Waals surface area contributed by atoms with Crippen LogP contribution in [0.4, 0.5) is 0 Å². The van der Waals surface area contributed by atoms with Crippen molar-refractivity contribution >= 4 is 9.84 Å². The zero-order valence-corrected chi connectivity index (χ0v) is 18.3. The Morgan fingerprint density at radius 1 is 1.17 bits per heavy atom. The highest BCUT2D eigenvalue weighted by Crippen LogP contribution is 2.18. The fourth-order valence-electron chi connectivity index (χ4n) is 3.24. The van der Waals surface area contributed by atoms with Crippen molar-refractivity contribution in [3.8, 4) is 0 Å². The second-order valence-electron chi connectivity index (χ2n) is 7.05. The minimum Gasteiger partial charge on any atom is -0.384 e. The number of sulfone groups is 1. The molecule has 0 aliphatic rings. The lowest BCUT2D eigenvalue weighted by Gasteiger charge is -2.21. The summed E-state index contributed by atoms with van der Waals surface area (Å²) in [5, 5.41) is 4.35. The molecule has 0 N–H and O–H groups in total. The van der Waals surface area contributed by atoms with Crippen molar-refractivity contribution < 1.29 is 13.2 Å². The maximum absolute atomic E-state index is 12.9. The van der Waals surface area contributed by atoms with Crippen molar-refractivity contribution in [2.24, 2.45) is 0 Å². The Labute approximate surface area is 178 Å². The maximum Gasteiger partial charge on any atom is 0.228 e. The van der Waals surface area contributed by atoms with Crippen LogP contribution in [-0.4, -0.2) is 65.2 Å². The first-order valence-electron chi connectivity index (χ1n) is 10.0. The fraction of sp³-hybridized carbons (Fsp3) is 0.429. The van der Waals surface area contributed by atoms with Crippen LogP contribution in [0.1, 0.15) is 18.2 Å². The Morgan fingerprint density at radius 2 is 1.97 bits per heavy atom. The second-order valence-corrected chi connectivity index (χ2v) is 9.06. The summed E-state index contributed by atoms with van der Waals surface area (Å²) in [6.45, 7) is 5.71. The SMILES string of the molecule is CCN(CCn1cccn1)Cc1cnc(S(=O)(=O)CCOC)n1Cc1ccccc1. The third-order valence-corrected chi connectivity index (χ3v) is 6.54. The number of nitrogens with zero attached hydrogens (tertiary/aromatic N) is 5. The van der Waals surface area contributed by atoms with E-state index in [9.17, 15) is 8.42 Å². The van der Waals surface area contributed by atoms with Gasteiger partial charge in [0.2, 0.25) is 15.0 Å². The largest absolute Gasteiger partial charge is 0.384 e. The van der Waals surface area contributed by atoms with Crippen LogP contribution in [-0.2, 0) is 34.2 Å². The van der Waals surface area contributed by atoms with Gasteiger partial charge < -0.3 is 9.30 Å². The molecule has 1 aromatic carbocycles. The minimum atomic E-state index is -3.55. The number of aromatic nitrogens is 4. The highest BCUT2D eigenvalue weighted by Gasteiger charge is 2.24. The molecule has 0 amide bonds. The van der Waals surface area contributed by atoms with Gasteiger partial charge in [0.1, 0.15) is 0 Å². The predicted molar refractivity (Wildman–Crippen MR) is 115 cm³/mol. The topological polar surface area (TPSA) is 82.2 Å². The van der Waals surface area contributed by atoms with Gasteiger partial charge in [-0.2, -0.15) is 5.10 Å². The van der Waals surface area contributed by atoms with Crippen LogP contribution < -0.4 is 0 Å². The lowest BCUT2D eigenvalue weighted by molar-refractivity contribution is 0.217. The number of ether oxygens (including phenoxy) is 1. The van der Waals surface area contributed by atoms with E-state index >= 15 is 0 Å². The van der Waals surface area contributed by atoms with Crippen molar-refractivity contribution in [2.45, 2.75) is 31.7 Å². The highest BCUT2D eigenvalue weighted by molar-refractivity contribution is 7.91. The van der Waals surface area contributed by atoms with Gasteiger partial charge in [-0.15, -0.1) is 0 Å². The number of likely N-dealkylation sites (N-methyl/N-ethyl adjacent to an activating group) is 1. The number of methoxy groups -OCH3 is 1. The van der Waals surface area contributed by atoms with Gasteiger partial charge in [-0.05, 0) is 18.2 Å². The maximum atomic E-state index is 12.9. The second kappa shape index (κ2) is 10.5. The van der Waals surface area contributed by atoms with E-state index in [1.807, 2.05) is 51.8 Å². The van der Waals surface area contributed by atoms with E-state index in [0.29, 0.717) is 13.1 Å². The van der Waals surface area contributed by atoms with Crippen molar-refractivity contribution in [1.82, 2.24) is 24.2 Å². The molecule has 0 aliphatic carbocycles. The van der Waals surface area contributed by atoms with Gasteiger partial charge in [0, 0.05) is 32.6 Å². The van der Waals surface area contributed by atoms with Crippen molar-refractivity contribution in [1.29, 1.82) is 0 Å². The standard InChI is InChI=1S/C21H29N5O3S/c1-3-24(12-13-25-11-7-10-23-25)18-20-16-22-21(30(27,28)15-14-29-2)26(20)17-19-8-5-4-6-9-19/h4-11,16H,3,12-15,17-18H2,1-2H3. The molecule has 162 valence electrons. The lowest BCUT2D eigenvalue weighted by atomic mass is 10.2. The molecular weight excluding hydrogens is 402 g/mol. The van der Waals surface area contributed by atoms with Crippen molar-refractivity contribution in [2.75, 3.05) is 32.6 Å². The summed E-state index contributed by atoms with van der Waals surface area (Å²) in [4.78, 5) is 6.57. The molecule has 2 aromatic heterocycles. The monoisotopic (exact) mass is 431 g/mol. The summed E-state index contributed by atoms with van der Waals surface area (Å²) in [5.41, 5.74) is 1.90. The van der Waals surface area contributed by atoms with Gasteiger partial charge >= 0.3 is 0 Å². The van der Waals surface area contributed by atoms with Gasteiger partial charge in [-0.1, -0.05) is 37.3 Å².